The van der Waals surface area contributed by atoms with Crippen molar-refractivity contribution in [1.29, 1.82) is 0 Å². The first-order valence-electron chi connectivity index (χ1n) is 9.85. The molecule has 7 nitrogen and oxygen atoms in total. The summed E-state index contributed by atoms with van der Waals surface area (Å²) in [6, 6.07) is 13.6. The molecule has 30 heavy (non-hydrogen) atoms. The summed E-state index contributed by atoms with van der Waals surface area (Å²) in [6.45, 7) is 0.665. The fourth-order valence-electron chi connectivity index (χ4n) is 3.91. The minimum Gasteiger partial charge on any atom is -0.491 e. The third kappa shape index (κ3) is 3.88. The molecule has 0 saturated carbocycles. The van der Waals surface area contributed by atoms with Crippen LogP contribution in [0.1, 0.15) is 40.4 Å². The van der Waals surface area contributed by atoms with Gasteiger partial charge in [-0.15, -0.1) is 0 Å². The van der Waals surface area contributed by atoms with Crippen LogP contribution in [0.5, 0.6) is 5.75 Å². The van der Waals surface area contributed by atoms with Crippen molar-refractivity contribution >= 4 is 11.8 Å². The monoisotopic (exact) mass is 414 g/mol. The maximum Gasteiger partial charge on any atom is 0.274 e. The molecule has 4 rings (SSSR count). The molecular weight excluding hydrogens is 391 g/mol. The second kappa shape index (κ2) is 8.41. The van der Waals surface area contributed by atoms with Crippen molar-refractivity contribution in [3.8, 4) is 5.75 Å². The van der Waals surface area contributed by atoms with E-state index in [0.29, 0.717) is 11.3 Å². The Hall–Kier alpha value is -2.97. The van der Waals surface area contributed by atoms with Crippen LogP contribution in [0.4, 0.5) is 4.39 Å². The summed E-state index contributed by atoms with van der Waals surface area (Å²) in [6.07, 6.45) is 0.0420. The number of hydrogen-bond acceptors (Lipinski definition) is 5. The van der Waals surface area contributed by atoms with Gasteiger partial charge in [-0.2, -0.15) is 0 Å². The van der Waals surface area contributed by atoms with Gasteiger partial charge >= 0.3 is 0 Å². The van der Waals surface area contributed by atoms with Crippen LogP contribution in [0, 0.1) is 0 Å². The summed E-state index contributed by atoms with van der Waals surface area (Å²) in [5, 5.41) is 8.88. The summed E-state index contributed by atoms with van der Waals surface area (Å²) in [5.41, 5.74) is 1.33. The van der Waals surface area contributed by atoms with Gasteiger partial charge < -0.3 is 14.4 Å². The molecule has 2 aromatic rings. The average molecular weight is 414 g/mol. The highest BCUT2D eigenvalue weighted by molar-refractivity contribution is 5.94. The lowest BCUT2D eigenvalue weighted by Gasteiger charge is -2.37. The Morgan fingerprint density at radius 3 is 2.57 bits per heavy atom. The Balaban J connectivity index is 1.71. The number of halogens is 1. The molecule has 0 aromatic heterocycles. The number of ether oxygens (including phenoxy) is 2. The van der Waals surface area contributed by atoms with Crippen molar-refractivity contribution in [2.75, 3.05) is 19.8 Å². The third-order valence-corrected chi connectivity index (χ3v) is 5.66. The maximum atomic E-state index is 15.6. The molecule has 1 saturated heterocycles. The van der Waals surface area contributed by atoms with Crippen LogP contribution >= 0.6 is 0 Å². The number of fused-ring (bicyclic) bond motifs is 1. The summed E-state index contributed by atoms with van der Waals surface area (Å²) >= 11 is 0. The molecule has 1 fully saturated rings. The Morgan fingerprint density at radius 1 is 1.13 bits per heavy atom. The average Bonchev–Trinajstić information content (AvgIpc) is 2.98. The highest BCUT2D eigenvalue weighted by atomic mass is 19.1. The zero-order valence-corrected chi connectivity index (χ0v) is 16.3. The quantitative estimate of drug-likeness (QED) is 0.596. The van der Waals surface area contributed by atoms with Crippen molar-refractivity contribution in [1.82, 2.24) is 10.4 Å². The van der Waals surface area contributed by atoms with E-state index in [0.717, 1.165) is 5.56 Å². The number of hydroxylamine groups is 1. The number of carbonyl (C=O) groups excluding carboxylic acids is 2. The standard InChI is InChI=1S/C22H23FN2O5/c23-22(8-10-29-11-9-22)21(27)25-13-17-7-6-16(20(26)24-28)12-19(17)30-14-18(25)15-4-2-1-3-5-15/h1-7,12,18,28H,8-11,13-14H2,(H,24,26)/t18-/m1/s1. The number of hydrogen-bond donors (Lipinski definition) is 2. The van der Waals surface area contributed by atoms with Gasteiger partial charge in [0.1, 0.15) is 12.4 Å². The number of alkyl halides is 1. The molecule has 1 atom stereocenters. The molecule has 2 aliphatic rings. The van der Waals surface area contributed by atoms with E-state index in [-0.39, 0.29) is 44.8 Å². The van der Waals surface area contributed by atoms with Crippen molar-refractivity contribution < 1.29 is 28.7 Å². The normalized spacial score (nSPS) is 20.5. The molecular formula is C22H23FN2O5. The van der Waals surface area contributed by atoms with Gasteiger partial charge in [0.2, 0.25) is 0 Å². The van der Waals surface area contributed by atoms with E-state index < -0.39 is 23.5 Å². The van der Waals surface area contributed by atoms with Gasteiger partial charge in [0.05, 0.1) is 25.8 Å². The molecule has 0 unspecified atom stereocenters. The molecule has 0 aliphatic carbocycles. The van der Waals surface area contributed by atoms with E-state index in [2.05, 4.69) is 0 Å². The van der Waals surface area contributed by atoms with Crippen LogP contribution in [0.25, 0.3) is 0 Å². The SMILES string of the molecule is O=C(NO)c1ccc2c(c1)OC[C@H](c1ccccc1)N(C(=O)C1(F)CCOCC1)C2. The Bertz CT molecular complexity index is 930. The van der Waals surface area contributed by atoms with Crippen LogP contribution in [0.2, 0.25) is 0 Å². The molecule has 158 valence electrons. The largest absolute Gasteiger partial charge is 0.491 e. The lowest BCUT2D eigenvalue weighted by Crippen LogP contribution is -2.50. The lowest BCUT2D eigenvalue weighted by atomic mass is 9.93. The van der Waals surface area contributed by atoms with Crippen molar-refractivity contribution in [3.63, 3.8) is 0 Å². The first kappa shape index (κ1) is 20.3. The van der Waals surface area contributed by atoms with Gasteiger partial charge in [-0.1, -0.05) is 36.4 Å². The van der Waals surface area contributed by atoms with Crippen molar-refractivity contribution in [3.05, 3.63) is 65.2 Å². The predicted octanol–water partition coefficient (Wildman–Crippen LogP) is 2.79. The smallest absolute Gasteiger partial charge is 0.274 e. The third-order valence-electron chi connectivity index (χ3n) is 5.66. The summed E-state index contributed by atoms with van der Waals surface area (Å²) in [4.78, 5) is 26.7. The predicted molar refractivity (Wildman–Crippen MR) is 105 cm³/mol. The molecule has 2 aliphatic heterocycles. The molecule has 0 spiro atoms. The number of nitrogens with zero attached hydrogens (tertiary/aromatic N) is 1. The highest BCUT2D eigenvalue weighted by Crippen LogP contribution is 2.37. The number of benzene rings is 2. The molecule has 2 aromatic carbocycles. The van der Waals surface area contributed by atoms with Crippen molar-refractivity contribution in [2.24, 2.45) is 0 Å². The summed E-state index contributed by atoms with van der Waals surface area (Å²) in [5.74, 6) is -0.816. The Kier molecular flexibility index (Phi) is 5.69. The van der Waals surface area contributed by atoms with Gasteiger partial charge in [-0.3, -0.25) is 14.8 Å². The van der Waals surface area contributed by atoms with E-state index in [1.54, 1.807) is 11.5 Å². The van der Waals surface area contributed by atoms with Crippen LogP contribution in [-0.2, 0) is 16.1 Å². The van der Waals surface area contributed by atoms with Crippen molar-refractivity contribution in [2.45, 2.75) is 31.1 Å². The van der Waals surface area contributed by atoms with E-state index in [1.165, 1.54) is 17.0 Å². The highest BCUT2D eigenvalue weighted by Gasteiger charge is 2.45. The number of carbonyl (C=O) groups is 2. The maximum absolute atomic E-state index is 15.6. The van der Waals surface area contributed by atoms with E-state index in [4.69, 9.17) is 14.7 Å². The minimum absolute atomic E-state index is 0.0210. The molecule has 2 heterocycles. The Labute approximate surface area is 173 Å². The zero-order valence-electron chi connectivity index (χ0n) is 16.3. The molecule has 0 bridgehead atoms. The molecule has 8 heteroatoms. The zero-order chi connectivity index (χ0) is 21.1. The minimum atomic E-state index is -1.98. The van der Waals surface area contributed by atoms with Gasteiger partial charge in [-0.25, -0.2) is 9.87 Å². The number of nitrogens with one attached hydrogen (secondary N) is 1. The Morgan fingerprint density at radius 2 is 1.87 bits per heavy atom. The van der Waals surface area contributed by atoms with Gasteiger partial charge in [0.25, 0.3) is 11.8 Å². The van der Waals surface area contributed by atoms with Gasteiger partial charge in [-0.05, 0) is 17.7 Å². The second-order valence-corrected chi connectivity index (χ2v) is 7.51. The van der Waals surface area contributed by atoms with Crippen LogP contribution in [-0.4, -0.2) is 47.4 Å². The number of amides is 2. The van der Waals surface area contributed by atoms with Gasteiger partial charge in [0, 0.05) is 24.0 Å². The second-order valence-electron chi connectivity index (χ2n) is 7.51. The van der Waals surface area contributed by atoms with E-state index in [1.807, 2.05) is 30.3 Å². The molecule has 2 amide bonds. The van der Waals surface area contributed by atoms with Crippen LogP contribution in [0.15, 0.2) is 48.5 Å². The van der Waals surface area contributed by atoms with E-state index >= 15 is 4.39 Å². The lowest BCUT2D eigenvalue weighted by molar-refractivity contribution is -0.154. The van der Waals surface area contributed by atoms with Gasteiger partial charge in [0.15, 0.2) is 5.67 Å². The fourth-order valence-corrected chi connectivity index (χ4v) is 3.91. The first-order chi connectivity index (χ1) is 14.5. The molecule has 0 radical (unpaired) electrons. The molecule has 2 N–H and O–H groups in total. The van der Waals surface area contributed by atoms with E-state index in [9.17, 15) is 9.59 Å². The van der Waals surface area contributed by atoms with Crippen LogP contribution < -0.4 is 10.2 Å². The topological polar surface area (TPSA) is 88.1 Å². The number of rotatable bonds is 3. The summed E-state index contributed by atoms with van der Waals surface area (Å²) in [7, 11) is 0. The van der Waals surface area contributed by atoms with Crippen LogP contribution in [0.3, 0.4) is 0 Å². The summed E-state index contributed by atoms with van der Waals surface area (Å²) < 4.78 is 26.8. The fraction of sp³-hybridized carbons (Fsp3) is 0.364. The first-order valence-corrected chi connectivity index (χ1v) is 9.85.